The second-order valence-corrected chi connectivity index (χ2v) is 5.71. The lowest BCUT2D eigenvalue weighted by Crippen LogP contribution is -2.31. The summed E-state index contributed by atoms with van der Waals surface area (Å²) in [7, 11) is 0. The van der Waals surface area contributed by atoms with Crippen LogP contribution in [-0.4, -0.2) is 17.1 Å². The zero-order valence-corrected chi connectivity index (χ0v) is 12.5. The van der Waals surface area contributed by atoms with Crippen molar-refractivity contribution in [1.82, 2.24) is 5.32 Å². The minimum absolute atomic E-state index is 0.0583. The summed E-state index contributed by atoms with van der Waals surface area (Å²) < 4.78 is 0. The minimum Gasteiger partial charge on any atom is -0.350 e. The summed E-state index contributed by atoms with van der Waals surface area (Å²) in [5.41, 5.74) is 2.11. The van der Waals surface area contributed by atoms with Crippen LogP contribution < -0.4 is 10.2 Å². The van der Waals surface area contributed by atoms with Gasteiger partial charge in [0, 0.05) is 0 Å². The molecule has 1 N–H and O–H groups in total. The van der Waals surface area contributed by atoms with E-state index in [-0.39, 0.29) is 11.9 Å². The molecule has 2 rings (SSSR count). The molecule has 102 valence electrons. The Balaban J connectivity index is 2.19. The molecular weight excluding hydrogens is 256 g/mol. The van der Waals surface area contributed by atoms with Crippen molar-refractivity contribution in [3.8, 4) is 0 Å². The number of thiocarbonyl (C=S) groups is 1. The van der Waals surface area contributed by atoms with Crippen LogP contribution >= 0.6 is 12.2 Å². The van der Waals surface area contributed by atoms with Crippen LogP contribution in [0.3, 0.4) is 0 Å². The minimum atomic E-state index is -0.182. The van der Waals surface area contributed by atoms with Gasteiger partial charge in [-0.3, -0.25) is 9.69 Å². The lowest BCUT2D eigenvalue weighted by atomic mass is 10.0. The molecule has 1 fully saturated rings. The molecule has 0 saturated carbocycles. The molecule has 0 spiro atoms. The maximum Gasteiger partial charge on any atom is 0.255 e. The Bertz CT molecular complexity index is 481. The number of rotatable bonds is 4. The average molecular weight is 276 g/mol. The van der Waals surface area contributed by atoms with Crippen molar-refractivity contribution in [2.24, 2.45) is 5.92 Å². The highest BCUT2D eigenvalue weighted by molar-refractivity contribution is 7.80. The van der Waals surface area contributed by atoms with E-state index in [1.165, 1.54) is 5.56 Å². The van der Waals surface area contributed by atoms with Gasteiger partial charge in [0.05, 0.1) is 5.69 Å². The van der Waals surface area contributed by atoms with Gasteiger partial charge in [-0.05, 0) is 48.7 Å². The fourth-order valence-corrected chi connectivity index (χ4v) is 2.63. The van der Waals surface area contributed by atoms with Gasteiger partial charge in [0.2, 0.25) is 0 Å². The molecule has 1 heterocycles. The first kappa shape index (κ1) is 14.0. The highest BCUT2D eigenvalue weighted by Crippen LogP contribution is 2.22. The van der Waals surface area contributed by atoms with Gasteiger partial charge in [-0.2, -0.15) is 0 Å². The zero-order chi connectivity index (χ0) is 14.0. The van der Waals surface area contributed by atoms with Crippen LogP contribution in [0.5, 0.6) is 0 Å². The smallest absolute Gasteiger partial charge is 0.255 e. The number of benzene rings is 1. The van der Waals surface area contributed by atoms with Crippen LogP contribution in [0.15, 0.2) is 24.3 Å². The molecule has 1 atom stereocenters. The molecule has 1 aromatic rings. The number of amides is 1. The van der Waals surface area contributed by atoms with Crippen LogP contribution in [0.4, 0.5) is 5.69 Å². The maximum atomic E-state index is 12.4. The number of hydrogen-bond donors (Lipinski definition) is 1. The first-order chi connectivity index (χ1) is 9.02. The summed E-state index contributed by atoms with van der Waals surface area (Å²) in [6.45, 7) is 6.33. The Labute approximate surface area is 120 Å². The molecule has 0 radical (unpaired) electrons. The van der Waals surface area contributed by atoms with Crippen molar-refractivity contribution < 1.29 is 4.79 Å². The largest absolute Gasteiger partial charge is 0.350 e. The molecule has 4 heteroatoms. The number of anilines is 1. The van der Waals surface area contributed by atoms with E-state index < -0.39 is 0 Å². The summed E-state index contributed by atoms with van der Waals surface area (Å²) in [6, 6.07) is 7.82. The van der Waals surface area contributed by atoms with Crippen molar-refractivity contribution in [1.29, 1.82) is 0 Å². The standard InChI is InChI=1S/C15H20N2OS/c1-4-11-5-7-12(8-6-11)17-14(18)13(9-10(2)3)16-15(17)19/h5-8,10,13H,4,9H2,1-3H3,(H,16,19). The van der Waals surface area contributed by atoms with Gasteiger partial charge in [0.1, 0.15) is 6.04 Å². The first-order valence-electron chi connectivity index (χ1n) is 6.76. The quantitative estimate of drug-likeness (QED) is 0.858. The molecule has 1 aliphatic heterocycles. The third kappa shape index (κ3) is 2.95. The van der Waals surface area contributed by atoms with Gasteiger partial charge in [0.25, 0.3) is 5.91 Å². The van der Waals surface area contributed by atoms with Crippen LogP contribution in [0.1, 0.15) is 32.8 Å². The molecule has 0 aromatic heterocycles. The Morgan fingerprint density at radius 2 is 1.95 bits per heavy atom. The fraction of sp³-hybridized carbons (Fsp3) is 0.467. The molecule has 1 amide bonds. The first-order valence-corrected chi connectivity index (χ1v) is 7.17. The predicted octanol–water partition coefficient (Wildman–Crippen LogP) is 2.88. The van der Waals surface area contributed by atoms with E-state index in [9.17, 15) is 4.79 Å². The molecule has 3 nitrogen and oxygen atoms in total. The Morgan fingerprint density at radius 3 is 2.47 bits per heavy atom. The van der Waals surface area contributed by atoms with Crippen LogP contribution in [0.25, 0.3) is 0 Å². The molecule has 1 aliphatic rings. The lowest BCUT2D eigenvalue weighted by Gasteiger charge is -2.15. The van der Waals surface area contributed by atoms with Crippen LogP contribution in [0.2, 0.25) is 0 Å². The number of nitrogens with one attached hydrogen (secondary N) is 1. The molecule has 1 unspecified atom stereocenters. The van der Waals surface area contributed by atoms with Crippen molar-refractivity contribution in [2.75, 3.05) is 4.90 Å². The van der Waals surface area contributed by atoms with E-state index in [1.54, 1.807) is 4.90 Å². The van der Waals surface area contributed by atoms with Crippen molar-refractivity contribution in [3.63, 3.8) is 0 Å². The van der Waals surface area contributed by atoms with Gasteiger partial charge in [-0.25, -0.2) is 0 Å². The van der Waals surface area contributed by atoms with E-state index in [0.717, 1.165) is 18.5 Å². The molecular formula is C15H20N2OS. The van der Waals surface area contributed by atoms with Crippen LogP contribution in [-0.2, 0) is 11.2 Å². The van der Waals surface area contributed by atoms with Gasteiger partial charge in [-0.15, -0.1) is 0 Å². The SMILES string of the molecule is CCc1ccc(N2C(=O)C(CC(C)C)NC2=S)cc1. The highest BCUT2D eigenvalue weighted by Gasteiger charge is 2.36. The summed E-state index contributed by atoms with van der Waals surface area (Å²) in [4.78, 5) is 14.0. The Kier molecular flexibility index (Phi) is 4.20. The second-order valence-electron chi connectivity index (χ2n) is 5.33. The van der Waals surface area contributed by atoms with Gasteiger partial charge < -0.3 is 5.32 Å². The number of carbonyl (C=O) groups excluding carboxylic acids is 1. The number of hydrogen-bond acceptors (Lipinski definition) is 2. The summed E-state index contributed by atoms with van der Waals surface area (Å²) in [5.74, 6) is 0.523. The molecule has 1 aromatic carbocycles. The molecule has 19 heavy (non-hydrogen) atoms. The maximum absolute atomic E-state index is 12.4. The molecule has 0 bridgehead atoms. The fourth-order valence-electron chi connectivity index (χ4n) is 2.29. The number of aryl methyl sites for hydroxylation is 1. The monoisotopic (exact) mass is 276 g/mol. The lowest BCUT2D eigenvalue weighted by molar-refractivity contribution is -0.118. The Hall–Kier alpha value is -1.42. The normalized spacial score (nSPS) is 19.2. The Morgan fingerprint density at radius 1 is 1.32 bits per heavy atom. The predicted molar refractivity (Wildman–Crippen MR) is 82.3 cm³/mol. The second kappa shape index (κ2) is 5.70. The topological polar surface area (TPSA) is 32.3 Å². The third-order valence-corrected chi connectivity index (χ3v) is 3.63. The van der Waals surface area contributed by atoms with E-state index in [0.29, 0.717) is 11.0 Å². The number of nitrogens with zero attached hydrogens (tertiary/aromatic N) is 1. The average Bonchev–Trinajstić information content (AvgIpc) is 2.64. The van der Waals surface area contributed by atoms with E-state index in [2.05, 4.69) is 26.1 Å². The van der Waals surface area contributed by atoms with Gasteiger partial charge in [0.15, 0.2) is 5.11 Å². The zero-order valence-electron chi connectivity index (χ0n) is 11.6. The molecule has 0 aliphatic carbocycles. The van der Waals surface area contributed by atoms with E-state index >= 15 is 0 Å². The summed E-state index contributed by atoms with van der Waals surface area (Å²) in [6.07, 6.45) is 1.80. The van der Waals surface area contributed by atoms with Gasteiger partial charge in [-0.1, -0.05) is 32.9 Å². The van der Waals surface area contributed by atoms with Crippen molar-refractivity contribution in [2.45, 2.75) is 39.7 Å². The van der Waals surface area contributed by atoms with Gasteiger partial charge >= 0.3 is 0 Å². The highest BCUT2D eigenvalue weighted by atomic mass is 32.1. The summed E-state index contributed by atoms with van der Waals surface area (Å²) >= 11 is 5.28. The van der Waals surface area contributed by atoms with Crippen molar-refractivity contribution in [3.05, 3.63) is 29.8 Å². The van der Waals surface area contributed by atoms with E-state index in [4.69, 9.17) is 12.2 Å². The van der Waals surface area contributed by atoms with Crippen LogP contribution in [0, 0.1) is 5.92 Å². The van der Waals surface area contributed by atoms with Crippen molar-refractivity contribution >= 4 is 28.9 Å². The number of carbonyl (C=O) groups is 1. The molecule has 1 saturated heterocycles. The third-order valence-electron chi connectivity index (χ3n) is 3.33. The summed E-state index contributed by atoms with van der Waals surface area (Å²) in [5, 5.41) is 3.63. The van der Waals surface area contributed by atoms with E-state index in [1.807, 2.05) is 24.3 Å².